The summed E-state index contributed by atoms with van der Waals surface area (Å²) in [6.07, 6.45) is 1.78. The quantitative estimate of drug-likeness (QED) is 0.307. The molecule has 18 heavy (non-hydrogen) atoms. The van der Waals surface area contributed by atoms with Crippen molar-refractivity contribution >= 4 is 11.7 Å². The maximum atomic E-state index is 11.8. The first kappa shape index (κ1) is 14.0. The molecular formula is C13H19N3O2. The maximum absolute atomic E-state index is 11.8. The molecule has 0 bridgehead atoms. The lowest BCUT2D eigenvalue weighted by Crippen LogP contribution is -2.45. The van der Waals surface area contributed by atoms with Crippen molar-refractivity contribution in [2.24, 2.45) is 10.9 Å². The van der Waals surface area contributed by atoms with E-state index in [1.165, 1.54) is 0 Å². The molecule has 1 atom stereocenters. The molecule has 0 aliphatic carbocycles. The van der Waals surface area contributed by atoms with Crippen LogP contribution in [0.15, 0.2) is 35.5 Å². The van der Waals surface area contributed by atoms with Crippen LogP contribution in [-0.4, -0.2) is 23.0 Å². The molecule has 0 saturated carbocycles. The van der Waals surface area contributed by atoms with Crippen LogP contribution >= 0.6 is 0 Å². The Kier molecular flexibility index (Phi) is 5.70. The number of oxime groups is 1. The zero-order chi connectivity index (χ0) is 13.4. The number of nitrogens with two attached hydrogens (primary N) is 1. The van der Waals surface area contributed by atoms with E-state index in [1.807, 2.05) is 37.3 Å². The van der Waals surface area contributed by atoms with Gasteiger partial charge in [0.2, 0.25) is 5.91 Å². The summed E-state index contributed by atoms with van der Waals surface area (Å²) in [6, 6.07) is 9.04. The minimum absolute atomic E-state index is 0.0401. The van der Waals surface area contributed by atoms with E-state index in [0.29, 0.717) is 12.8 Å². The minimum atomic E-state index is -0.406. The van der Waals surface area contributed by atoms with Crippen LogP contribution in [0.25, 0.3) is 0 Å². The number of carbonyl (C=O) groups excluding carboxylic acids is 1. The lowest BCUT2D eigenvalue weighted by molar-refractivity contribution is -0.120. The number of amidine groups is 1. The predicted molar refractivity (Wildman–Crippen MR) is 70.4 cm³/mol. The van der Waals surface area contributed by atoms with E-state index < -0.39 is 6.04 Å². The van der Waals surface area contributed by atoms with Crippen molar-refractivity contribution in [2.45, 2.75) is 32.2 Å². The summed E-state index contributed by atoms with van der Waals surface area (Å²) in [5.41, 5.74) is 6.47. The second kappa shape index (κ2) is 7.32. The van der Waals surface area contributed by atoms with Gasteiger partial charge < -0.3 is 16.3 Å². The largest absolute Gasteiger partial charge is 0.409 e. The standard InChI is InChI=1S/C13H19N3O2/c1-2-6-11(13(14)16-18)15-12(17)9-10-7-4-3-5-8-10/h3-5,7-8,11,18H,2,6,9H2,1H3,(H2,14,16)(H,15,17). The lowest BCUT2D eigenvalue weighted by atomic mass is 10.1. The summed E-state index contributed by atoms with van der Waals surface area (Å²) in [4.78, 5) is 11.8. The topological polar surface area (TPSA) is 87.7 Å². The first-order chi connectivity index (χ1) is 8.67. The van der Waals surface area contributed by atoms with Gasteiger partial charge in [0.15, 0.2) is 5.84 Å². The fourth-order valence-electron chi connectivity index (χ4n) is 1.68. The van der Waals surface area contributed by atoms with E-state index in [1.54, 1.807) is 0 Å². The molecule has 1 unspecified atom stereocenters. The monoisotopic (exact) mass is 249 g/mol. The van der Waals surface area contributed by atoms with Crippen LogP contribution < -0.4 is 11.1 Å². The first-order valence-corrected chi connectivity index (χ1v) is 5.98. The van der Waals surface area contributed by atoms with Gasteiger partial charge in [0, 0.05) is 0 Å². The highest BCUT2D eigenvalue weighted by Gasteiger charge is 2.15. The first-order valence-electron chi connectivity index (χ1n) is 5.98. The summed E-state index contributed by atoms with van der Waals surface area (Å²) in [6.45, 7) is 1.97. The van der Waals surface area contributed by atoms with Gasteiger partial charge in [-0.25, -0.2) is 0 Å². The molecule has 0 saturated heterocycles. The van der Waals surface area contributed by atoms with Gasteiger partial charge in [-0.2, -0.15) is 0 Å². The normalized spacial score (nSPS) is 13.1. The molecule has 0 spiro atoms. The van der Waals surface area contributed by atoms with Gasteiger partial charge in [0.05, 0.1) is 12.5 Å². The van der Waals surface area contributed by atoms with Crippen LogP contribution in [0.2, 0.25) is 0 Å². The Balaban J connectivity index is 2.56. The molecule has 1 aromatic carbocycles. The lowest BCUT2D eigenvalue weighted by Gasteiger charge is -2.16. The number of hydrogen-bond acceptors (Lipinski definition) is 3. The van der Waals surface area contributed by atoms with Crippen LogP contribution in [0, 0.1) is 0 Å². The van der Waals surface area contributed by atoms with Gasteiger partial charge in [-0.3, -0.25) is 4.79 Å². The molecule has 1 aromatic rings. The van der Waals surface area contributed by atoms with Crippen molar-refractivity contribution in [2.75, 3.05) is 0 Å². The van der Waals surface area contributed by atoms with Crippen LogP contribution in [0.3, 0.4) is 0 Å². The maximum Gasteiger partial charge on any atom is 0.225 e. The third-order valence-electron chi connectivity index (χ3n) is 2.59. The van der Waals surface area contributed by atoms with Crippen molar-refractivity contribution in [1.82, 2.24) is 5.32 Å². The van der Waals surface area contributed by atoms with Crippen molar-refractivity contribution in [3.63, 3.8) is 0 Å². The number of rotatable bonds is 6. The van der Waals surface area contributed by atoms with Gasteiger partial charge in [-0.15, -0.1) is 0 Å². The average Bonchev–Trinajstić information content (AvgIpc) is 2.38. The Labute approximate surface area is 107 Å². The molecule has 0 aromatic heterocycles. The van der Waals surface area contributed by atoms with Crippen LogP contribution in [0.4, 0.5) is 0 Å². The molecule has 0 heterocycles. The van der Waals surface area contributed by atoms with E-state index in [4.69, 9.17) is 10.9 Å². The fourth-order valence-corrected chi connectivity index (χ4v) is 1.68. The second-order valence-electron chi connectivity index (χ2n) is 4.10. The molecule has 0 fully saturated rings. The SMILES string of the molecule is CCCC(NC(=O)Cc1ccccc1)/C(N)=N/O. The van der Waals surface area contributed by atoms with E-state index in [9.17, 15) is 4.79 Å². The smallest absolute Gasteiger partial charge is 0.225 e. The summed E-state index contributed by atoms with van der Waals surface area (Å²) in [5, 5.41) is 14.4. The molecule has 98 valence electrons. The number of nitrogens with zero attached hydrogens (tertiary/aromatic N) is 1. The number of carbonyl (C=O) groups is 1. The zero-order valence-electron chi connectivity index (χ0n) is 10.5. The van der Waals surface area contributed by atoms with Gasteiger partial charge in [0.25, 0.3) is 0 Å². The Morgan fingerprint density at radius 3 is 2.67 bits per heavy atom. The Hall–Kier alpha value is -2.04. The highest BCUT2D eigenvalue weighted by molar-refractivity contribution is 5.90. The van der Waals surface area contributed by atoms with E-state index >= 15 is 0 Å². The van der Waals surface area contributed by atoms with E-state index in [-0.39, 0.29) is 11.7 Å². The predicted octanol–water partition coefficient (Wildman–Crippen LogP) is 1.26. The molecule has 0 aliphatic rings. The molecule has 4 N–H and O–H groups in total. The van der Waals surface area contributed by atoms with Gasteiger partial charge in [-0.1, -0.05) is 48.8 Å². The molecule has 1 amide bonds. The van der Waals surface area contributed by atoms with Crippen molar-refractivity contribution in [3.05, 3.63) is 35.9 Å². The van der Waals surface area contributed by atoms with Crippen LogP contribution in [0.5, 0.6) is 0 Å². The molecule has 5 heteroatoms. The van der Waals surface area contributed by atoms with Gasteiger partial charge in [0.1, 0.15) is 0 Å². The van der Waals surface area contributed by atoms with Crippen molar-refractivity contribution in [1.29, 1.82) is 0 Å². The number of amides is 1. The highest BCUT2D eigenvalue weighted by Crippen LogP contribution is 2.02. The third kappa shape index (κ3) is 4.45. The van der Waals surface area contributed by atoms with Crippen LogP contribution in [-0.2, 0) is 11.2 Å². The minimum Gasteiger partial charge on any atom is -0.409 e. The van der Waals surface area contributed by atoms with Crippen molar-refractivity contribution < 1.29 is 10.0 Å². The fraction of sp³-hybridized carbons (Fsp3) is 0.385. The second-order valence-corrected chi connectivity index (χ2v) is 4.10. The number of benzene rings is 1. The molecule has 1 rings (SSSR count). The molecule has 0 aliphatic heterocycles. The van der Waals surface area contributed by atoms with Gasteiger partial charge >= 0.3 is 0 Å². The van der Waals surface area contributed by atoms with Crippen molar-refractivity contribution in [3.8, 4) is 0 Å². The molecular weight excluding hydrogens is 230 g/mol. The number of hydrogen-bond donors (Lipinski definition) is 3. The summed E-state index contributed by atoms with van der Waals surface area (Å²) in [7, 11) is 0. The van der Waals surface area contributed by atoms with E-state index in [2.05, 4.69) is 10.5 Å². The highest BCUT2D eigenvalue weighted by atomic mass is 16.4. The summed E-state index contributed by atoms with van der Waals surface area (Å²) >= 11 is 0. The molecule has 0 radical (unpaired) electrons. The summed E-state index contributed by atoms with van der Waals surface area (Å²) in [5.74, 6) is -0.0930. The number of nitrogens with one attached hydrogen (secondary N) is 1. The average molecular weight is 249 g/mol. The Morgan fingerprint density at radius 2 is 2.11 bits per heavy atom. The Morgan fingerprint density at radius 1 is 1.44 bits per heavy atom. The summed E-state index contributed by atoms with van der Waals surface area (Å²) < 4.78 is 0. The zero-order valence-corrected chi connectivity index (χ0v) is 10.5. The van der Waals surface area contributed by atoms with Crippen LogP contribution in [0.1, 0.15) is 25.3 Å². The Bertz CT molecular complexity index is 404. The third-order valence-corrected chi connectivity index (χ3v) is 2.59. The van der Waals surface area contributed by atoms with E-state index in [0.717, 1.165) is 12.0 Å². The van der Waals surface area contributed by atoms with Gasteiger partial charge in [-0.05, 0) is 12.0 Å². The molecule has 5 nitrogen and oxygen atoms in total.